The number of nitrogens with one attached hydrogen (secondary N) is 1. The Kier molecular flexibility index (Phi) is 3.85. The molecule has 19 heavy (non-hydrogen) atoms. The summed E-state index contributed by atoms with van der Waals surface area (Å²) in [7, 11) is 3.81. The average Bonchev–Trinajstić information content (AvgIpc) is 2.46. The van der Waals surface area contributed by atoms with Crippen LogP contribution in [0.3, 0.4) is 0 Å². The van der Waals surface area contributed by atoms with Crippen LogP contribution >= 0.6 is 0 Å². The van der Waals surface area contributed by atoms with Gasteiger partial charge in [-0.15, -0.1) is 0 Å². The molecule has 0 radical (unpaired) electrons. The van der Waals surface area contributed by atoms with Gasteiger partial charge in [-0.25, -0.2) is 0 Å². The molecule has 1 aromatic carbocycles. The van der Waals surface area contributed by atoms with Gasteiger partial charge in [-0.05, 0) is 12.5 Å². The zero-order chi connectivity index (χ0) is 13.8. The number of anilines is 3. The maximum Gasteiger partial charge on any atom is 0.223 e. The van der Waals surface area contributed by atoms with Crippen LogP contribution in [0, 0.1) is 0 Å². The van der Waals surface area contributed by atoms with E-state index in [1.165, 1.54) is 5.56 Å². The third kappa shape index (κ3) is 2.93. The van der Waals surface area contributed by atoms with Gasteiger partial charge >= 0.3 is 0 Å². The lowest BCUT2D eigenvalue weighted by atomic mass is 10.1. The molecule has 0 aliphatic rings. The largest absolute Gasteiger partial charge is 0.373 e. The second kappa shape index (κ2) is 5.56. The molecule has 0 saturated heterocycles. The quantitative estimate of drug-likeness (QED) is 0.879. The zero-order valence-corrected chi connectivity index (χ0v) is 11.5. The average molecular weight is 257 g/mol. The van der Waals surface area contributed by atoms with Crippen molar-refractivity contribution in [3.8, 4) is 0 Å². The van der Waals surface area contributed by atoms with E-state index >= 15 is 0 Å². The summed E-state index contributed by atoms with van der Waals surface area (Å²) >= 11 is 0. The van der Waals surface area contributed by atoms with Crippen molar-refractivity contribution in [2.75, 3.05) is 30.0 Å². The molecule has 0 unspecified atom stereocenters. The summed E-state index contributed by atoms with van der Waals surface area (Å²) < 4.78 is 0. The molecule has 2 aromatic rings. The van der Waals surface area contributed by atoms with Crippen molar-refractivity contribution in [1.29, 1.82) is 0 Å². The number of nitrogen functional groups attached to an aromatic ring is 1. The number of benzene rings is 1. The number of hydrogen-bond acceptors (Lipinski definition) is 5. The molecule has 5 heteroatoms. The molecule has 0 aliphatic heterocycles. The number of hydrogen-bond donors (Lipinski definition) is 2. The van der Waals surface area contributed by atoms with Crippen molar-refractivity contribution < 1.29 is 0 Å². The van der Waals surface area contributed by atoms with E-state index in [9.17, 15) is 0 Å². The molecule has 1 aromatic heterocycles. The number of nitrogens with two attached hydrogens (primary N) is 1. The van der Waals surface area contributed by atoms with Gasteiger partial charge in [0, 0.05) is 20.2 Å². The SMILES string of the molecule is CNc1cc(N(C)[C@@H](C)c2ccccc2)nc(N)n1. The predicted molar refractivity (Wildman–Crippen MR) is 79.3 cm³/mol. The van der Waals surface area contributed by atoms with Crippen molar-refractivity contribution in [2.45, 2.75) is 13.0 Å². The molecular formula is C14H19N5. The van der Waals surface area contributed by atoms with Crippen LogP contribution in [-0.4, -0.2) is 24.1 Å². The van der Waals surface area contributed by atoms with Crippen LogP contribution in [0.2, 0.25) is 0 Å². The summed E-state index contributed by atoms with van der Waals surface area (Å²) in [5, 5.41) is 2.98. The molecule has 3 N–H and O–H groups in total. The first-order valence-electron chi connectivity index (χ1n) is 6.22. The first kappa shape index (κ1) is 13.1. The molecule has 0 fully saturated rings. The van der Waals surface area contributed by atoms with Gasteiger partial charge in [0.05, 0.1) is 6.04 Å². The minimum Gasteiger partial charge on any atom is -0.373 e. The number of rotatable bonds is 4. The van der Waals surface area contributed by atoms with Crippen LogP contribution in [0.25, 0.3) is 0 Å². The summed E-state index contributed by atoms with van der Waals surface area (Å²) in [5.74, 6) is 1.79. The van der Waals surface area contributed by atoms with Crippen LogP contribution in [0.1, 0.15) is 18.5 Å². The van der Waals surface area contributed by atoms with Gasteiger partial charge in [-0.2, -0.15) is 9.97 Å². The maximum absolute atomic E-state index is 5.72. The minimum absolute atomic E-state index is 0.209. The van der Waals surface area contributed by atoms with E-state index in [0.29, 0.717) is 0 Å². The molecule has 0 aliphatic carbocycles. The molecule has 0 saturated carbocycles. The fourth-order valence-electron chi connectivity index (χ4n) is 1.91. The Morgan fingerprint density at radius 3 is 2.53 bits per heavy atom. The highest BCUT2D eigenvalue weighted by Gasteiger charge is 2.14. The van der Waals surface area contributed by atoms with E-state index in [0.717, 1.165) is 11.6 Å². The number of aromatic nitrogens is 2. The standard InChI is InChI=1S/C14H19N5/c1-10(11-7-5-4-6-8-11)19(3)13-9-12(16-2)17-14(15)18-13/h4-10H,1-3H3,(H3,15,16,17,18)/t10-/m0/s1. The Labute approximate surface area is 113 Å². The topological polar surface area (TPSA) is 67.1 Å². The van der Waals surface area contributed by atoms with Crippen LogP contribution < -0.4 is 16.0 Å². The Balaban J connectivity index is 2.28. The van der Waals surface area contributed by atoms with E-state index in [-0.39, 0.29) is 12.0 Å². The summed E-state index contributed by atoms with van der Waals surface area (Å²) in [4.78, 5) is 10.5. The number of nitrogens with zero attached hydrogens (tertiary/aromatic N) is 3. The van der Waals surface area contributed by atoms with E-state index in [2.05, 4.69) is 39.2 Å². The normalized spacial score (nSPS) is 11.9. The lowest BCUT2D eigenvalue weighted by molar-refractivity contribution is 0.728. The van der Waals surface area contributed by atoms with Crippen molar-refractivity contribution in [1.82, 2.24) is 9.97 Å². The van der Waals surface area contributed by atoms with Gasteiger partial charge in [-0.1, -0.05) is 30.3 Å². The highest BCUT2D eigenvalue weighted by atomic mass is 15.2. The van der Waals surface area contributed by atoms with Crippen molar-refractivity contribution in [3.05, 3.63) is 42.0 Å². The van der Waals surface area contributed by atoms with E-state index < -0.39 is 0 Å². The monoisotopic (exact) mass is 257 g/mol. The smallest absolute Gasteiger partial charge is 0.223 e. The van der Waals surface area contributed by atoms with Crippen molar-refractivity contribution in [3.63, 3.8) is 0 Å². The highest BCUT2D eigenvalue weighted by Crippen LogP contribution is 2.25. The molecule has 0 spiro atoms. The Bertz CT molecular complexity index is 541. The molecular weight excluding hydrogens is 238 g/mol. The van der Waals surface area contributed by atoms with E-state index in [1.807, 2.05) is 38.4 Å². The van der Waals surface area contributed by atoms with E-state index in [4.69, 9.17) is 5.73 Å². The molecule has 0 bridgehead atoms. The highest BCUT2D eigenvalue weighted by molar-refractivity contribution is 5.53. The first-order valence-corrected chi connectivity index (χ1v) is 6.22. The van der Waals surface area contributed by atoms with Crippen LogP contribution in [0.5, 0.6) is 0 Å². The molecule has 5 nitrogen and oxygen atoms in total. The summed E-state index contributed by atoms with van der Waals surface area (Å²) in [5.41, 5.74) is 6.95. The third-order valence-electron chi connectivity index (χ3n) is 3.21. The van der Waals surface area contributed by atoms with Gasteiger partial charge in [0.15, 0.2) is 0 Å². The van der Waals surface area contributed by atoms with Crippen LogP contribution in [-0.2, 0) is 0 Å². The predicted octanol–water partition coefficient (Wildman–Crippen LogP) is 2.30. The van der Waals surface area contributed by atoms with Crippen molar-refractivity contribution >= 4 is 17.6 Å². The fraction of sp³-hybridized carbons (Fsp3) is 0.286. The van der Waals surface area contributed by atoms with Crippen LogP contribution in [0.4, 0.5) is 17.6 Å². The van der Waals surface area contributed by atoms with Gasteiger partial charge in [0.1, 0.15) is 11.6 Å². The Hall–Kier alpha value is -2.30. The first-order chi connectivity index (χ1) is 9.11. The van der Waals surface area contributed by atoms with Crippen LogP contribution in [0.15, 0.2) is 36.4 Å². The minimum atomic E-state index is 0.209. The Morgan fingerprint density at radius 2 is 1.89 bits per heavy atom. The van der Waals surface area contributed by atoms with Crippen molar-refractivity contribution in [2.24, 2.45) is 0 Å². The van der Waals surface area contributed by atoms with Gasteiger partial charge in [0.2, 0.25) is 5.95 Å². The third-order valence-corrected chi connectivity index (χ3v) is 3.21. The lowest BCUT2D eigenvalue weighted by Gasteiger charge is -2.26. The molecule has 1 atom stereocenters. The second-order valence-electron chi connectivity index (χ2n) is 4.42. The van der Waals surface area contributed by atoms with Gasteiger partial charge in [-0.3, -0.25) is 0 Å². The van der Waals surface area contributed by atoms with E-state index in [1.54, 1.807) is 0 Å². The molecule has 100 valence electrons. The summed E-state index contributed by atoms with van der Waals surface area (Å²) in [6.45, 7) is 2.13. The molecule has 1 heterocycles. The lowest BCUT2D eigenvalue weighted by Crippen LogP contribution is -2.23. The molecule has 2 rings (SSSR count). The zero-order valence-electron chi connectivity index (χ0n) is 11.5. The van der Waals surface area contributed by atoms with Gasteiger partial charge in [0.25, 0.3) is 0 Å². The Morgan fingerprint density at radius 1 is 1.21 bits per heavy atom. The molecule has 0 amide bonds. The second-order valence-corrected chi connectivity index (χ2v) is 4.42. The summed E-state index contributed by atoms with van der Waals surface area (Å²) in [6.07, 6.45) is 0. The summed E-state index contributed by atoms with van der Waals surface area (Å²) in [6, 6.07) is 12.4. The van der Waals surface area contributed by atoms with Gasteiger partial charge < -0.3 is 16.0 Å². The fourth-order valence-corrected chi connectivity index (χ4v) is 1.91. The maximum atomic E-state index is 5.72.